The van der Waals surface area contributed by atoms with Gasteiger partial charge in [0.15, 0.2) is 0 Å². The standard InChI is InChI=1S/C13H9FN2O4/c14-8-1-2-11(17)10(4-8)12(18)16-9-3-7(13(19)20)5-15-6-9/h1-6,17H,(H,16,18)(H,19,20). The number of halogens is 1. The molecule has 0 aliphatic rings. The number of carbonyl (C=O) groups is 2. The van der Waals surface area contributed by atoms with Gasteiger partial charge in [0, 0.05) is 6.20 Å². The molecule has 0 fully saturated rings. The molecular formula is C13H9FN2O4. The van der Waals surface area contributed by atoms with E-state index in [1.165, 1.54) is 12.3 Å². The van der Waals surface area contributed by atoms with Crippen molar-refractivity contribution in [3.05, 3.63) is 53.6 Å². The number of carbonyl (C=O) groups excluding carboxylic acids is 1. The molecule has 6 nitrogen and oxygen atoms in total. The molecule has 1 heterocycles. The van der Waals surface area contributed by atoms with Gasteiger partial charge in [0.05, 0.1) is 23.0 Å². The highest BCUT2D eigenvalue weighted by molar-refractivity contribution is 6.06. The van der Waals surface area contributed by atoms with Crippen LogP contribution in [0.25, 0.3) is 0 Å². The Kier molecular flexibility index (Phi) is 3.60. The van der Waals surface area contributed by atoms with Crippen LogP contribution in [0.4, 0.5) is 10.1 Å². The summed E-state index contributed by atoms with van der Waals surface area (Å²) in [6.07, 6.45) is 2.36. The highest BCUT2D eigenvalue weighted by Gasteiger charge is 2.13. The van der Waals surface area contributed by atoms with E-state index in [4.69, 9.17) is 5.11 Å². The third-order valence-corrected chi connectivity index (χ3v) is 2.45. The van der Waals surface area contributed by atoms with Gasteiger partial charge in [-0.25, -0.2) is 9.18 Å². The largest absolute Gasteiger partial charge is 0.507 e. The average molecular weight is 276 g/mol. The Morgan fingerprint density at radius 3 is 2.65 bits per heavy atom. The van der Waals surface area contributed by atoms with Crippen LogP contribution in [0.3, 0.4) is 0 Å². The van der Waals surface area contributed by atoms with Gasteiger partial charge in [0.25, 0.3) is 5.91 Å². The van der Waals surface area contributed by atoms with E-state index in [1.54, 1.807) is 0 Å². The Balaban J connectivity index is 2.25. The normalized spacial score (nSPS) is 10.1. The number of carboxylic acids is 1. The van der Waals surface area contributed by atoms with Gasteiger partial charge in [-0.15, -0.1) is 0 Å². The molecule has 0 saturated carbocycles. The molecule has 3 N–H and O–H groups in total. The van der Waals surface area contributed by atoms with Crippen molar-refractivity contribution < 1.29 is 24.2 Å². The first kappa shape index (κ1) is 13.5. The molecule has 2 rings (SSSR count). The van der Waals surface area contributed by atoms with Gasteiger partial charge in [-0.1, -0.05) is 0 Å². The zero-order chi connectivity index (χ0) is 14.7. The Hall–Kier alpha value is -2.96. The van der Waals surface area contributed by atoms with Crippen LogP contribution in [0.2, 0.25) is 0 Å². The summed E-state index contributed by atoms with van der Waals surface area (Å²) in [6, 6.07) is 4.14. The molecule has 0 atom stereocenters. The average Bonchev–Trinajstić information content (AvgIpc) is 2.41. The zero-order valence-electron chi connectivity index (χ0n) is 10.0. The van der Waals surface area contributed by atoms with E-state index in [0.717, 1.165) is 24.4 Å². The van der Waals surface area contributed by atoms with Crippen molar-refractivity contribution in [1.29, 1.82) is 0 Å². The minimum atomic E-state index is -1.19. The summed E-state index contributed by atoms with van der Waals surface area (Å²) in [5, 5.41) is 20.6. The SMILES string of the molecule is O=C(O)c1cncc(NC(=O)c2cc(F)ccc2O)c1. The molecule has 0 unspecified atom stereocenters. The molecule has 1 aromatic carbocycles. The first-order valence-corrected chi connectivity index (χ1v) is 5.45. The lowest BCUT2D eigenvalue weighted by molar-refractivity contribution is 0.0696. The lowest BCUT2D eigenvalue weighted by Crippen LogP contribution is -2.13. The van der Waals surface area contributed by atoms with Crippen molar-refractivity contribution in [3.63, 3.8) is 0 Å². The highest BCUT2D eigenvalue weighted by atomic mass is 19.1. The van der Waals surface area contributed by atoms with E-state index in [1.807, 2.05) is 0 Å². The van der Waals surface area contributed by atoms with Crippen molar-refractivity contribution >= 4 is 17.6 Å². The van der Waals surface area contributed by atoms with Crippen LogP contribution in [0, 0.1) is 5.82 Å². The van der Waals surface area contributed by atoms with E-state index in [2.05, 4.69) is 10.3 Å². The summed E-state index contributed by atoms with van der Waals surface area (Å²) in [5.41, 5.74) is -0.240. The number of hydrogen-bond acceptors (Lipinski definition) is 4. The van der Waals surface area contributed by atoms with E-state index in [0.29, 0.717) is 0 Å². The van der Waals surface area contributed by atoms with E-state index < -0.39 is 17.7 Å². The number of aromatic carboxylic acids is 1. The van der Waals surface area contributed by atoms with Crippen LogP contribution >= 0.6 is 0 Å². The minimum absolute atomic E-state index is 0.105. The molecule has 2 aromatic rings. The number of nitrogens with zero attached hydrogens (tertiary/aromatic N) is 1. The van der Waals surface area contributed by atoms with E-state index in [9.17, 15) is 19.1 Å². The van der Waals surface area contributed by atoms with Crippen LogP contribution in [-0.4, -0.2) is 27.1 Å². The first-order chi connectivity index (χ1) is 9.47. The van der Waals surface area contributed by atoms with Gasteiger partial charge in [-0.3, -0.25) is 9.78 Å². The van der Waals surface area contributed by atoms with Crippen LogP contribution in [0.15, 0.2) is 36.7 Å². The first-order valence-electron chi connectivity index (χ1n) is 5.45. The number of rotatable bonds is 3. The summed E-state index contributed by atoms with van der Waals surface area (Å²) in [4.78, 5) is 26.3. The van der Waals surface area contributed by atoms with Gasteiger partial charge in [-0.05, 0) is 24.3 Å². The second-order valence-electron chi connectivity index (χ2n) is 3.88. The Morgan fingerprint density at radius 2 is 1.95 bits per heavy atom. The predicted molar refractivity (Wildman–Crippen MR) is 67.2 cm³/mol. The fourth-order valence-corrected chi connectivity index (χ4v) is 1.51. The number of aromatic nitrogens is 1. The number of pyridine rings is 1. The summed E-state index contributed by atoms with van der Waals surface area (Å²) < 4.78 is 13.0. The minimum Gasteiger partial charge on any atom is -0.507 e. The van der Waals surface area contributed by atoms with E-state index in [-0.39, 0.29) is 22.6 Å². The third kappa shape index (κ3) is 2.89. The van der Waals surface area contributed by atoms with Gasteiger partial charge < -0.3 is 15.5 Å². The number of benzene rings is 1. The monoisotopic (exact) mass is 276 g/mol. The molecule has 0 spiro atoms. The number of amides is 1. The molecule has 0 radical (unpaired) electrons. The molecule has 0 bridgehead atoms. The zero-order valence-corrected chi connectivity index (χ0v) is 10.0. The number of phenols is 1. The Labute approximate surface area is 112 Å². The Morgan fingerprint density at radius 1 is 1.20 bits per heavy atom. The van der Waals surface area contributed by atoms with Crippen molar-refractivity contribution in [1.82, 2.24) is 4.98 Å². The third-order valence-electron chi connectivity index (χ3n) is 2.45. The summed E-state index contributed by atoms with van der Waals surface area (Å²) in [7, 11) is 0. The van der Waals surface area contributed by atoms with Crippen molar-refractivity contribution in [3.8, 4) is 5.75 Å². The molecule has 7 heteroatoms. The topological polar surface area (TPSA) is 99.5 Å². The molecular weight excluding hydrogens is 267 g/mol. The maximum atomic E-state index is 13.0. The lowest BCUT2D eigenvalue weighted by atomic mass is 10.1. The van der Waals surface area contributed by atoms with Crippen LogP contribution < -0.4 is 5.32 Å². The number of anilines is 1. The maximum absolute atomic E-state index is 13.0. The van der Waals surface area contributed by atoms with E-state index >= 15 is 0 Å². The van der Waals surface area contributed by atoms with Crippen molar-refractivity contribution in [2.45, 2.75) is 0 Å². The number of phenolic OH excluding ortho intramolecular Hbond substituents is 1. The molecule has 102 valence electrons. The highest BCUT2D eigenvalue weighted by Crippen LogP contribution is 2.19. The molecule has 0 saturated heterocycles. The molecule has 20 heavy (non-hydrogen) atoms. The van der Waals surface area contributed by atoms with Crippen LogP contribution in [-0.2, 0) is 0 Å². The molecule has 0 aliphatic carbocycles. The number of carboxylic acid groups (broad SMARTS) is 1. The summed E-state index contributed by atoms with van der Waals surface area (Å²) >= 11 is 0. The second-order valence-corrected chi connectivity index (χ2v) is 3.88. The van der Waals surface area contributed by atoms with Crippen molar-refractivity contribution in [2.75, 3.05) is 5.32 Å². The predicted octanol–water partition coefficient (Wildman–Crippen LogP) is 1.88. The van der Waals surface area contributed by atoms with Gasteiger partial charge in [0.1, 0.15) is 11.6 Å². The summed E-state index contributed by atoms with van der Waals surface area (Å²) in [5.74, 6) is -3.02. The van der Waals surface area contributed by atoms with Crippen molar-refractivity contribution in [2.24, 2.45) is 0 Å². The molecule has 1 amide bonds. The molecule has 1 aromatic heterocycles. The maximum Gasteiger partial charge on any atom is 0.337 e. The lowest BCUT2D eigenvalue weighted by Gasteiger charge is -2.07. The Bertz CT molecular complexity index is 688. The number of aromatic hydroxyl groups is 1. The smallest absolute Gasteiger partial charge is 0.337 e. The molecule has 0 aliphatic heterocycles. The van der Waals surface area contributed by atoms with Crippen LogP contribution in [0.5, 0.6) is 5.75 Å². The fraction of sp³-hybridized carbons (Fsp3) is 0. The number of nitrogens with one attached hydrogen (secondary N) is 1. The quantitative estimate of drug-likeness (QED) is 0.794. The van der Waals surface area contributed by atoms with Gasteiger partial charge in [0.2, 0.25) is 0 Å². The number of hydrogen-bond donors (Lipinski definition) is 3. The second kappa shape index (κ2) is 5.35. The van der Waals surface area contributed by atoms with Crippen LogP contribution in [0.1, 0.15) is 20.7 Å². The fourth-order valence-electron chi connectivity index (χ4n) is 1.51. The summed E-state index contributed by atoms with van der Waals surface area (Å²) in [6.45, 7) is 0. The van der Waals surface area contributed by atoms with Gasteiger partial charge in [-0.2, -0.15) is 0 Å². The van der Waals surface area contributed by atoms with Gasteiger partial charge >= 0.3 is 5.97 Å².